The average molecular weight is 382 g/mol. The Kier molecular flexibility index (Phi) is 5.44. The van der Waals surface area contributed by atoms with Crippen LogP contribution in [-0.2, 0) is 14.9 Å². The maximum Gasteiger partial charge on any atom is 0.316 e. The van der Waals surface area contributed by atoms with Gasteiger partial charge in [0, 0.05) is 30.3 Å². The van der Waals surface area contributed by atoms with E-state index in [0.717, 1.165) is 5.56 Å². The van der Waals surface area contributed by atoms with Crippen LogP contribution in [0.2, 0.25) is 0 Å². The van der Waals surface area contributed by atoms with E-state index in [-0.39, 0.29) is 17.6 Å². The van der Waals surface area contributed by atoms with E-state index in [1.54, 1.807) is 17.9 Å². The molecule has 0 spiro atoms. The van der Waals surface area contributed by atoms with Crippen LogP contribution in [0.1, 0.15) is 34.3 Å². The van der Waals surface area contributed by atoms with E-state index in [1.165, 1.54) is 19.2 Å². The van der Waals surface area contributed by atoms with Crippen LogP contribution in [0.5, 0.6) is 0 Å². The number of nitro groups is 1. The molecule has 28 heavy (non-hydrogen) atoms. The van der Waals surface area contributed by atoms with Gasteiger partial charge in [-0.1, -0.05) is 36.4 Å². The van der Waals surface area contributed by atoms with Crippen LogP contribution >= 0.6 is 0 Å². The van der Waals surface area contributed by atoms with Crippen molar-refractivity contribution in [1.29, 1.82) is 0 Å². The highest BCUT2D eigenvalue weighted by molar-refractivity contribution is 5.97. The molecule has 1 heterocycles. The summed E-state index contributed by atoms with van der Waals surface area (Å²) in [6.45, 7) is 2.31. The van der Waals surface area contributed by atoms with Crippen LogP contribution in [0.15, 0.2) is 48.5 Å². The minimum atomic E-state index is -0.787. The van der Waals surface area contributed by atoms with Gasteiger partial charge in [-0.2, -0.15) is 0 Å². The lowest BCUT2D eigenvalue weighted by molar-refractivity contribution is -0.385. The van der Waals surface area contributed by atoms with Gasteiger partial charge in [0.25, 0.3) is 11.6 Å². The molecule has 2 aromatic rings. The number of hydrogen-bond donors (Lipinski definition) is 0. The van der Waals surface area contributed by atoms with Gasteiger partial charge < -0.3 is 9.64 Å². The first-order valence-corrected chi connectivity index (χ1v) is 9.08. The standard InChI is InChI=1S/C21H22N2O5/c1-15-17(9-6-10-18(15)23(26)27)19(24)22-13-11-21(12-14-22,20(25)28-2)16-7-4-3-5-8-16/h3-10H,11-14H2,1-2H3. The predicted octanol–water partition coefficient (Wildman–Crippen LogP) is 3.25. The number of likely N-dealkylation sites (tertiary alicyclic amines) is 1. The number of methoxy groups -OCH3 is 1. The van der Waals surface area contributed by atoms with E-state index in [1.807, 2.05) is 30.3 Å². The molecule has 1 amide bonds. The summed E-state index contributed by atoms with van der Waals surface area (Å²) in [5, 5.41) is 11.2. The number of esters is 1. The van der Waals surface area contributed by atoms with Crippen molar-refractivity contribution in [3.8, 4) is 0 Å². The minimum absolute atomic E-state index is 0.0731. The zero-order valence-corrected chi connectivity index (χ0v) is 15.9. The van der Waals surface area contributed by atoms with Crippen LogP contribution in [0.4, 0.5) is 5.69 Å². The molecule has 7 heteroatoms. The quantitative estimate of drug-likeness (QED) is 0.460. The molecule has 0 N–H and O–H groups in total. The molecule has 146 valence electrons. The molecule has 7 nitrogen and oxygen atoms in total. The molecule has 0 bridgehead atoms. The fourth-order valence-electron chi connectivity index (χ4n) is 3.88. The van der Waals surface area contributed by atoms with Gasteiger partial charge in [-0.15, -0.1) is 0 Å². The van der Waals surface area contributed by atoms with Crippen LogP contribution in [0.3, 0.4) is 0 Å². The molecule has 2 aromatic carbocycles. The number of rotatable bonds is 4. The molecule has 0 saturated carbocycles. The van der Waals surface area contributed by atoms with Gasteiger partial charge in [0.15, 0.2) is 0 Å². The van der Waals surface area contributed by atoms with Gasteiger partial charge >= 0.3 is 5.97 Å². The smallest absolute Gasteiger partial charge is 0.316 e. The minimum Gasteiger partial charge on any atom is -0.468 e. The van der Waals surface area contributed by atoms with Crippen LogP contribution < -0.4 is 0 Å². The monoisotopic (exact) mass is 382 g/mol. The highest BCUT2D eigenvalue weighted by Crippen LogP contribution is 2.37. The number of nitrogens with zero attached hydrogens (tertiary/aromatic N) is 2. The lowest BCUT2D eigenvalue weighted by atomic mass is 9.72. The Morgan fingerprint density at radius 1 is 1.07 bits per heavy atom. The van der Waals surface area contributed by atoms with E-state index in [4.69, 9.17) is 4.74 Å². The Labute approximate surface area is 163 Å². The number of carbonyl (C=O) groups excluding carboxylic acids is 2. The number of piperidine rings is 1. The number of hydrogen-bond acceptors (Lipinski definition) is 5. The lowest BCUT2D eigenvalue weighted by Gasteiger charge is -2.40. The fraction of sp³-hybridized carbons (Fsp3) is 0.333. The first-order valence-electron chi connectivity index (χ1n) is 9.08. The number of carbonyl (C=O) groups is 2. The van der Waals surface area contributed by atoms with Gasteiger partial charge in [0.2, 0.25) is 0 Å². The van der Waals surface area contributed by atoms with Crippen molar-refractivity contribution in [3.63, 3.8) is 0 Å². The summed E-state index contributed by atoms with van der Waals surface area (Å²) in [5.41, 5.74) is 0.686. The Hall–Kier alpha value is -3.22. The van der Waals surface area contributed by atoms with Gasteiger partial charge in [-0.3, -0.25) is 19.7 Å². The predicted molar refractivity (Wildman–Crippen MR) is 103 cm³/mol. The number of nitro benzene ring substituents is 1. The van der Waals surface area contributed by atoms with E-state index < -0.39 is 10.3 Å². The topological polar surface area (TPSA) is 89.8 Å². The Morgan fingerprint density at radius 3 is 2.29 bits per heavy atom. The third-order valence-electron chi connectivity index (χ3n) is 5.54. The van der Waals surface area contributed by atoms with Crippen molar-refractivity contribution in [2.24, 2.45) is 0 Å². The van der Waals surface area contributed by atoms with Crippen molar-refractivity contribution >= 4 is 17.6 Å². The highest BCUT2D eigenvalue weighted by atomic mass is 16.6. The maximum atomic E-state index is 13.0. The summed E-state index contributed by atoms with van der Waals surface area (Å²) < 4.78 is 5.07. The maximum absolute atomic E-state index is 13.0. The first kappa shape index (κ1) is 19.5. The van der Waals surface area contributed by atoms with Crippen molar-refractivity contribution in [2.45, 2.75) is 25.2 Å². The third-order valence-corrected chi connectivity index (χ3v) is 5.54. The molecule has 1 aliphatic heterocycles. The molecule has 0 aliphatic carbocycles. The first-order chi connectivity index (χ1) is 13.4. The number of amides is 1. The van der Waals surface area contributed by atoms with Gasteiger partial charge in [-0.05, 0) is 31.4 Å². The van der Waals surface area contributed by atoms with Gasteiger partial charge in [-0.25, -0.2) is 0 Å². The second-order valence-corrected chi connectivity index (χ2v) is 6.94. The lowest BCUT2D eigenvalue weighted by Crippen LogP contribution is -2.49. The molecular formula is C21H22N2O5. The fourth-order valence-corrected chi connectivity index (χ4v) is 3.88. The SMILES string of the molecule is COC(=O)C1(c2ccccc2)CCN(C(=O)c2cccc([N+](=O)[O-])c2C)CC1. The van der Waals surface area contributed by atoms with E-state index in [9.17, 15) is 19.7 Å². The molecule has 1 fully saturated rings. The van der Waals surface area contributed by atoms with E-state index in [0.29, 0.717) is 37.1 Å². The zero-order chi connectivity index (χ0) is 20.3. The molecular weight excluding hydrogens is 360 g/mol. The van der Waals surface area contributed by atoms with Crippen molar-refractivity contribution < 1.29 is 19.2 Å². The van der Waals surface area contributed by atoms with Crippen molar-refractivity contribution in [1.82, 2.24) is 4.90 Å². The zero-order valence-electron chi connectivity index (χ0n) is 15.9. The van der Waals surface area contributed by atoms with Crippen LogP contribution in [-0.4, -0.2) is 41.9 Å². The number of ether oxygens (including phenoxy) is 1. The van der Waals surface area contributed by atoms with Gasteiger partial charge in [0.1, 0.15) is 0 Å². The summed E-state index contributed by atoms with van der Waals surface area (Å²) in [4.78, 5) is 37.9. The van der Waals surface area contributed by atoms with Crippen LogP contribution in [0, 0.1) is 17.0 Å². The summed E-state index contributed by atoms with van der Waals surface area (Å²) in [6.07, 6.45) is 0.868. The van der Waals surface area contributed by atoms with Crippen molar-refractivity contribution in [3.05, 3.63) is 75.3 Å². The molecule has 0 unspecified atom stereocenters. The second-order valence-electron chi connectivity index (χ2n) is 6.94. The largest absolute Gasteiger partial charge is 0.468 e. The van der Waals surface area contributed by atoms with Crippen molar-refractivity contribution in [2.75, 3.05) is 20.2 Å². The van der Waals surface area contributed by atoms with E-state index >= 15 is 0 Å². The number of benzene rings is 2. The summed E-state index contributed by atoms with van der Waals surface area (Å²) in [6, 6.07) is 14.0. The molecule has 1 saturated heterocycles. The summed E-state index contributed by atoms with van der Waals surface area (Å²) in [5.74, 6) is -0.565. The Morgan fingerprint density at radius 2 is 1.71 bits per heavy atom. The average Bonchev–Trinajstić information content (AvgIpc) is 2.73. The summed E-state index contributed by atoms with van der Waals surface area (Å²) >= 11 is 0. The normalized spacial score (nSPS) is 15.7. The molecule has 3 rings (SSSR count). The molecule has 0 radical (unpaired) electrons. The Bertz CT molecular complexity index is 902. The molecule has 0 aromatic heterocycles. The second kappa shape index (κ2) is 7.80. The molecule has 0 atom stereocenters. The van der Waals surface area contributed by atoms with E-state index in [2.05, 4.69) is 0 Å². The summed E-state index contributed by atoms with van der Waals surface area (Å²) in [7, 11) is 1.37. The molecule has 1 aliphatic rings. The Balaban J connectivity index is 1.85. The third kappa shape index (κ3) is 3.35. The van der Waals surface area contributed by atoms with Crippen LogP contribution in [0.25, 0.3) is 0 Å². The highest BCUT2D eigenvalue weighted by Gasteiger charge is 2.45. The van der Waals surface area contributed by atoms with Gasteiger partial charge in [0.05, 0.1) is 17.4 Å².